The number of rotatable bonds is 4. The van der Waals surface area contributed by atoms with Crippen molar-refractivity contribution in [3.8, 4) is 11.1 Å². The molecule has 0 amide bonds. The molecule has 9 aromatic rings. The number of nitrogens with zero attached hydrogens (tertiary/aromatic N) is 3. The molecule has 2 atom stereocenters. The van der Waals surface area contributed by atoms with Crippen LogP contribution in [0.3, 0.4) is 0 Å². The van der Waals surface area contributed by atoms with E-state index in [0.717, 1.165) is 81.8 Å². The molecule has 0 saturated heterocycles. The molecule has 8 aromatic carbocycles. The lowest BCUT2D eigenvalue weighted by Gasteiger charge is -2.51. The fraction of sp³-hybridized carbons (Fsp3) is 0.368. The van der Waals surface area contributed by atoms with E-state index in [-0.39, 0.29) is 50.7 Å². The Labute approximate surface area is 498 Å². The van der Waals surface area contributed by atoms with Crippen molar-refractivity contribution in [1.82, 2.24) is 0 Å². The highest BCUT2D eigenvalue weighted by Crippen LogP contribution is 2.62. The molecule has 3 nitrogen and oxygen atoms in total. The zero-order valence-corrected chi connectivity index (χ0v) is 51.7. The predicted molar refractivity (Wildman–Crippen MR) is 355 cm³/mol. The van der Waals surface area contributed by atoms with Gasteiger partial charge >= 0.3 is 0 Å². The summed E-state index contributed by atoms with van der Waals surface area (Å²) in [6, 6.07) is 49.8. The van der Waals surface area contributed by atoms with Gasteiger partial charge in [-0.05, 0) is 207 Å². The van der Waals surface area contributed by atoms with E-state index in [1.165, 1.54) is 64.8 Å². The first-order valence-corrected chi connectivity index (χ1v) is 30.6. The Hall–Kier alpha value is -6.56. The molecule has 0 bridgehead atoms. The normalized spacial score (nSPS) is 20.2. The Balaban J connectivity index is 1.19. The van der Waals surface area contributed by atoms with E-state index in [2.05, 4.69) is 226 Å². The number of benzene rings is 8. The number of fused-ring (bicyclic) bond motifs is 10. The van der Waals surface area contributed by atoms with Crippen LogP contribution < -0.4 is 31.1 Å². The van der Waals surface area contributed by atoms with Crippen LogP contribution in [-0.2, 0) is 27.1 Å². The molecule has 1 saturated carbocycles. The number of aryl methyl sites for hydroxylation is 4. The van der Waals surface area contributed by atoms with Crippen molar-refractivity contribution < 1.29 is 8.22 Å². The van der Waals surface area contributed by atoms with Crippen molar-refractivity contribution >= 4 is 100 Å². The van der Waals surface area contributed by atoms with Crippen LogP contribution in [0.15, 0.2) is 133 Å². The van der Waals surface area contributed by atoms with Crippen LogP contribution in [0.2, 0.25) is 0 Å². The third-order valence-electron chi connectivity index (χ3n) is 19.7. The molecule has 3 aliphatic heterocycles. The van der Waals surface area contributed by atoms with E-state index < -0.39 is 19.1 Å². The monoisotopic (exact) mass is 1090 g/mol. The summed E-state index contributed by atoms with van der Waals surface area (Å²) in [7, 11) is 0. The molecule has 1 aliphatic carbocycles. The van der Waals surface area contributed by atoms with Crippen LogP contribution in [0.5, 0.6) is 0 Å². The quantitative estimate of drug-likeness (QED) is 0.163. The summed E-state index contributed by atoms with van der Waals surface area (Å²) < 4.78 is 59.4. The first-order chi connectivity index (χ1) is 40.5. The second-order valence-corrected chi connectivity index (χ2v) is 30.2. The van der Waals surface area contributed by atoms with Gasteiger partial charge in [-0.1, -0.05) is 176 Å². The predicted octanol–water partition coefficient (Wildman–Crippen LogP) is 20.0. The van der Waals surface area contributed by atoms with Crippen molar-refractivity contribution in [1.29, 1.82) is 0 Å². The number of anilines is 8. The maximum absolute atomic E-state index is 9.50. The highest BCUT2D eigenvalue weighted by molar-refractivity contribution is 7.26. The van der Waals surface area contributed by atoms with Crippen LogP contribution in [0.4, 0.5) is 45.5 Å². The standard InChI is InChI=1S/C76H84BN3S/c1-45-35-52(73(11,12)13)36-46(2)68(45)49-25-32-66-56(39-49)57-43-63-60(44-67(57)81-66)77-59-40-51(72(8,9)10)28-31-62(59)79(70-47(3)37-53(38-48(70)4)74(14,15)16)65-42-55(41-64(69(65)77)78(63)54-29-26-50(27-30-54)71(5,6)7)80-61-24-20-19-23-58(61)75(17)33-21-22-34-76(75,80)18/h19-20,23-32,35-44H,21-22,33-34H2,1-18H3/i3D3,4D3. The first kappa shape index (κ1) is 47.0. The molecular weight excluding hydrogens is 998 g/mol. The molecule has 412 valence electrons. The average Bonchev–Trinajstić information content (AvgIpc) is 1.65. The lowest BCUT2D eigenvalue weighted by atomic mass is 9.33. The zero-order valence-electron chi connectivity index (χ0n) is 56.9. The SMILES string of the molecule is [2H]C([2H])([2H])c1cc(C(C)(C)C)cc(C([2H])([2H])[2H])c1N1c2ccc(C(C)(C)C)cc2B2c3cc4sc5ccc(-c6c(C)cc(C(C)(C)C)cc6C)cc5c4cc3N(c3ccc(C(C)(C)C)cc3)c3cc(N4c5ccccc5C5(C)CCCCC45C)cc1c32. The van der Waals surface area contributed by atoms with Gasteiger partial charge in [-0.3, -0.25) is 0 Å². The molecule has 0 spiro atoms. The van der Waals surface area contributed by atoms with Gasteiger partial charge in [0.2, 0.25) is 0 Å². The summed E-state index contributed by atoms with van der Waals surface area (Å²) in [6.45, 7) is 30.1. The van der Waals surface area contributed by atoms with Crippen molar-refractivity contribution in [3.63, 3.8) is 0 Å². The Morgan fingerprint density at radius 3 is 1.68 bits per heavy atom. The Morgan fingerprint density at radius 1 is 0.481 bits per heavy atom. The van der Waals surface area contributed by atoms with Crippen molar-refractivity contribution in [3.05, 3.63) is 184 Å². The number of hydrogen-bond acceptors (Lipinski definition) is 4. The molecule has 0 N–H and O–H groups in total. The van der Waals surface area contributed by atoms with Gasteiger partial charge in [-0.15, -0.1) is 11.3 Å². The summed E-state index contributed by atoms with van der Waals surface area (Å²) in [5, 5.41) is 2.41. The van der Waals surface area contributed by atoms with Gasteiger partial charge in [0.25, 0.3) is 6.71 Å². The molecule has 4 aliphatic rings. The lowest BCUT2D eigenvalue weighted by Crippen LogP contribution is -2.61. The average molecular weight is 1090 g/mol. The van der Waals surface area contributed by atoms with E-state index >= 15 is 0 Å². The van der Waals surface area contributed by atoms with Gasteiger partial charge in [0.15, 0.2) is 0 Å². The van der Waals surface area contributed by atoms with Gasteiger partial charge in [0, 0.05) is 73.6 Å². The molecule has 5 heteroatoms. The highest BCUT2D eigenvalue weighted by Gasteiger charge is 2.58. The van der Waals surface area contributed by atoms with Crippen molar-refractivity contribution in [2.75, 3.05) is 14.7 Å². The maximum Gasteiger partial charge on any atom is 0.252 e. The topological polar surface area (TPSA) is 9.72 Å². The number of thiophene rings is 1. The summed E-state index contributed by atoms with van der Waals surface area (Å²) in [4.78, 5) is 7.20. The van der Waals surface area contributed by atoms with Crippen molar-refractivity contribution in [2.24, 2.45) is 0 Å². The van der Waals surface area contributed by atoms with Gasteiger partial charge in [-0.2, -0.15) is 0 Å². The molecule has 4 heterocycles. The summed E-state index contributed by atoms with van der Waals surface area (Å²) in [6.07, 6.45) is 4.24. The van der Waals surface area contributed by atoms with E-state index in [1.54, 1.807) is 12.1 Å². The largest absolute Gasteiger partial charge is 0.334 e. The minimum Gasteiger partial charge on any atom is -0.334 e. The van der Waals surface area contributed by atoms with Crippen molar-refractivity contribution in [2.45, 2.75) is 183 Å². The zero-order chi connectivity index (χ0) is 62.4. The number of para-hydroxylation sites is 1. The van der Waals surface area contributed by atoms with Gasteiger partial charge in [-0.25, -0.2) is 0 Å². The Bertz CT molecular complexity index is 4270. The van der Waals surface area contributed by atoms with Gasteiger partial charge < -0.3 is 14.7 Å². The number of hydrogen-bond donors (Lipinski definition) is 0. The smallest absolute Gasteiger partial charge is 0.252 e. The van der Waals surface area contributed by atoms with Gasteiger partial charge in [0.1, 0.15) is 0 Å². The van der Waals surface area contributed by atoms with Crippen LogP contribution in [0, 0.1) is 27.6 Å². The third-order valence-corrected chi connectivity index (χ3v) is 20.8. The Kier molecular flexibility index (Phi) is 10.4. The molecule has 1 fully saturated rings. The second-order valence-electron chi connectivity index (χ2n) is 29.1. The Morgan fingerprint density at radius 2 is 1.05 bits per heavy atom. The lowest BCUT2D eigenvalue weighted by molar-refractivity contribution is 0.195. The van der Waals surface area contributed by atoms with Gasteiger partial charge in [0.05, 0.1) is 11.2 Å². The fourth-order valence-corrected chi connectivity index (χ4v) is 16.0. The summed E-state index contributed by atoms with van der Waals surface area (Å²) in [5.41, 5.74) is 19.5. The van der Waals surface area contributed by atoms with E-state index in [4.69, 9.17) is 0 Å². The van der Waals surface area contributed by atoms with Crippen LogP contribution in [-0.4, -0.2) is 12.3 Å². The van der Waals surface area contributed by atoms with Crippen LogP contribution in [0.25, 0.3) is 31.3 Å². The molecule has 81 heavy (non-hydrogen) atoms. The minimum atomic E-state index is -2.70. The van der Waals surface area contributed by atoms with Crippen LogP contribution >= 0.6 is 11.3 Å². The summed E-state index contributed by atoms with van der Waals surface area (Å²) >= 11 is 1.83. The molecule has 1 aromatic heterocycles. The summed E-state index contributed by atoms with van der Waals surface area (Å²) in [5.74, 6) is 0. The third kappa shape index (κ3) is 8.15. The highest BCUT2D eigenvalue weighted by atomic mass is 32.1. The first-order valence-electron chi connectivity index (χ1n) is 32.7. The minimum absolute atomic E-state index is 0.0237. The van der Waals surface area contributed by atoms with E-state index in [0.29, 0.717) is 5.56 Å². The fourth-order valence-electron chi connectivity index (χ4n) is 14.9. The van der Waals surface area contributed by atoms with Crippen LogP contribution in [0.1, 0.15) is 181 Å². The second kappa shape index (κ2) is 18.0. The van der Waals surface area contributed by atoms with E-state index in [9.17, 15) is 8.22 Å². The molecule has 2 unspecified atom stereocenters. The maximum atomic E-state index is 9.50. The molecule has 0 radical (unpaired) electrons. The van der Waals surface area contributed by atoms with E-state index in [1.807, 2.05) is 32.1 Å². The molecular formula is C76H84BN3S. The molecule has 13 rings (SSSR count).